The van der Waals surface area contributed by atoms with Crippen LogP contribution in [0.1, 0.15) is 20.3 Å². The highest BCUT2D eigenvalue weighted by molar-refractivity contribution is 4.87. The van der Waals surface area contributed by atoms with Gasteiger partial charge in [0.25, 0.3) is 0 Å². The summed E-state index contributed by atoms with van der Waals surface area (Å²) < 4.78 is 49.6. The first-order valence-electron chi connectivity index (χ1n) is 5.83. The van der Waals surface area contributed by atoms with Crippen molar-refractivity contribution in [1.82, 2.24) is 10.2 Å². The topological polar surface area (TPSA) is 15.3 Å². The van der Waals surface area contributed by atoms with Crippen molar-refractivity contribution in [3.05, 3.63) is 0 Å². The first-order chi connectivity index (χ1) is 7.74. The van der Waals surface area contributed by atoms with Gasteiger partial charge in [-0.2, -0.15) is 8.78 Å². The van der Waals surface area contributed by atoms with Gasteiger partial charge in [0.2, 0.25) is 0 Å². The van der Waals surface area contributed by atoms with E-state index in [4.69, 9.17) is 0 Å². The van der Waals surface area contributed by atoms with E-state index in [0.29, 0.717) is 6.42 Å². The number of piperidine rings is 1. The van der Waals surface area contributed by atoms with Gasteiger partial charge in [-0.05, 0) is 26.3 Å². The van der Waals surface area contributed by atoms with Crippen LogP contribution in [0.15, 0.2) is 0 Å². The van der Waals surface area contributed by atoms with E-state index in [9.17, 15) is 17.6 Å². The van der Waals surface area contributed by atoms with Crippen LogP contribution in [0.25, 0.3) is 0 Å². The SMILES string of the molecule is CC1CN(C)C(C)CC1NCC(F)(F)C(F)F. The summed E-state index contributed by atoms with van der Waals surface area (Å²) in [6, 6.07) is 0.162. The van der Waals surface area contributed by atoms with Gasteiger partial charge < -0.3 is 10.2 Å². The third kappa shape index (κ3) is 3.81. The molecule has 1 N–H and O–H groups in total. The summed E-state index contributed by atoms with van der Waals surface area (Å²) in [5.41, 5.74) is 0. The maximum atomic E-state index is 12.8. The van der Waals surface area contributed by atoms with Crippen LogP contribution in [0, 0.1) is 5.92 Å². The van der Waals surface area contributed by atoms with E-state index in [2.05, 4.69) is 10.2 Å². The molecule has 0 bridgehead atoms. The molecular weight excluding hydrogens is 236 g/mol. The minimum absolute atomic E-state index is 0.120. The fourth-order valence-corrected chi connectivity index (χ4v) is 2.17. The first kappa shape index (κ1) is 14.7. The van der Waals surface area contributed by atoms with Crippen LogP contribution in [0.5, 0.6) is 0 Å². The van der Waals surface area contributed by atoms with Gasteiger partial charge in [0.05, 0.1) is 6.54 Å². The van der Waals surface area contributed by atoms with Gasteiger partial charge in [-0.25, -0.2) is 8.78 Å². The molecule has 1 fully saturated rings. The summed E-state index contributed by atoms with van der Waals surface area (Å²) in [4.78, 5) is 2.15. The number of hydrogen-bond acceptors (Lipinski definition) is 2. The van der Waals surface area contributed by atoms with Crippen LogP contribution >= 0.6 is 0 Å². The smallest absolute Gasteiger partial charge is 0.308 e. The molecule has 0 aromatic carbocycles. The van der Waals surface area contributed by atoms with E-state index in [-0.39, 0.29) is 18.0 Å². The molecule has 3 unspecified atom stereocenters. The molecule has 17 heavy (non-hydrogen) atoms. The van der Waals surface area contributed by atoms with Crippen molar-refractivity contribution >= 4 is 0 Å². The number of rotatable bonds is 4. The molecule has 0 radical (unpaired) electrons. The van der Waals surface area contributed by atoms with E-state index in [1.54, 1.807) is 0 Å². The van der Waals surface area contributed by atoms with E-state index in [1.807, 2.05) is 20.9 Å². The lowest BCUT2D eigenvalue weighted by Crippen LogP contribution is -2.53. The quantitative estimate of drug-likeness (QED) is 0.776. The summed E-state index contributed by atoms with van der Waals surface area (Å²) in [6.45, 7) is 3.79. The van der Waals surface area contributed by atoms with Gasteiger partial charge in [0, 0.05) is 18.6 Å². The van der Waals surface area contributed by atoms with Gasteiger partial charge in [0.15, 0.2) is 0 Å². The highest BCUT2D eigenvalue weighted by Gasteiger charge is 2.41. The van der Waals surface area contributed by atoms with Crippen molar-refractivity contribution in [3.63, 3.8) is 0 Å². The van der Waals surface area contributed by atoms with Crippen LogP contribution in [-0.4, -0.2) is 49.5 Å². The molecule has 6 heteroatoms. The molecule has 1 heterocycles. The van der Waals surface area contributed by atoms with Crippen molar-refractivity contribution in [2.24, 2.45) is 5.92 Å². The summed E-state index contributed by atoms with van der Waals surface area (Å²) in [7, 11) is 1.98. The Balaban J connectivity index is 2.46. The Labute approximate surface area is 99.4 Å². The van der Waals surface area contributed by atoms with E-state index < -0.39 is 18.9 Å². The van der Waals surface area contributed by atoms with Crippen molar-refractivity contribution in [3.8, 4) is 0 Å². The summed E-state index contributed by atoms with van der Waals surface area (Å²) in [5.74, 6) is -3.75. The average molecular weight is 256 g/mol. The standard InChI is InChI=1S/C11H20F4N2/c1-7-5-17(3)8(2)4-9(7)16-6-11(14,15)10(12)13/h7-10,16H,4-6H2,1-3H3. The largest absolute Gasteiger partial charge is 0.319 e. The molecule has 0 aliphatic carbocycles. The Bertz CT molecular complexity index is 248. The number of hydrogen-bond donors (Lipinski definition) is 1. The average Bonchev–Trinajstić information content (AvgIpc) is 2.21. The lowest BCUT2D eigenvalue weighted by molar-refractivity contribution is -0.127. The van der Waals surface area contributed by atoms with Gasteiger partial charge in [-0.1, -0.05) is 6.92 Å². The summed E-state index contributed by atoms with van der Waals surface area (Å²) in [6.07, 6.45) is -2.90. The lowest BCUT2D eigenvalue weighted by Gasteiger charge is -2.40. The lowest BCUT2D eigenvalue weighted by atomic mass is 9.90. The Morgan fingerprint density at radius 1 is 1.35 bits per heavy atom. The Hall–Kier alpha value is -0.360. The number of nitrogens with one attached hydrogen (secondary N) is 1. The first-order valence-corrected chi connectivity index (χ1v) is 5.83. The second-order valence-corrected chi connectivity index (χ2v) is 5.05. The number of likely N-dealkylation sites (tertiary alicyclic amines) is 1. The fraction of sp³-hybridized carbons (Fsp3) is 1.00. The number of alkyl halides is 4. The number of nitrogens with zero attached hydrogens (tertiary/aromatic N) is 1. The molecule has 0 saturated carbocycles. The molecule has 1 aliphatic heterocycles. The van der Waals surface area contributed by atoms with Crippen LogP contribution in [0.4, 0.5) is 17.6 Å². The van der Waals surface area contributed by atoms with Crippen molar-refractivity contribution < 1.29 is 17.6 Å². The predicted octanol–water partition coefficient (Wildman–Crippen LogP) is 2.21. The zero-order chi connectivity index (χ0) is 13.2. The van der Waals surface area contributed by atoms with Crippen LogP contribution in [0.2, 0.25) is 0 Å². The van der Waals surface area contributed by atoms with Crippen LogP contribution in [-0.2, 0) is 0 Å². The van der Waals surface area contributed by atoms with E-state index in [1.165, 1.54) is 0 Å². The molecule has 3 atom stereocenters. The van der Waals surface area contributed by atoms with Gasteiger partial charge in [-0.3, -0.25) is 0 Å². The Morgan fingerprint density at radius 2 is 1.94 bits per heavy atom. The maximum absolute atomic E-state index is 12.8. The highest BCUT2D eigenvalue weighted by Crippen LogP contribution is 2.24. The zero-order valence-electron chi connectivity index (χ0n) is 10.4. The minimum atomic E-state index is -3.94. The van der Waals surface area contributed by atoms with Crippen LogP contribution < -0.4 is 5.32 Å². The Kier molecular flexibility index (Phi) is 4.77. The molecule has 0 aromatic heterocycles. The second-order valence-electron chi connectivity index (χ2n) is 5.05. The summed E-state index contributed by atoms with van der Waals surface area (Å²) in [5, 5.41) is 2.59. The second kappa shape index (κ2) is 5.52. The van der Waals surface area contributed by atoms with Gasteiger partial charge in [0.1, 0.15) is 0 Å². The molecule has 2 nitrogen and oxygen atoms in total. The molecule has 1 aliphatic rings. The molecule has 102 valence electrons. The normalized spacial score (nSPS) is 32.1. The third-order valence-electron chi connectivity index (χ3n) is 3.53. The summed E-state index contributed by atoms with van der Waals surface area (Å²) >= 11 is 0. The Morgan fingerprint density at radius 3 is 2.47 bits per heavy atom. The third-order valence-corrected chi connectivity index (χ3v) is 3.53. The highest BCUT2D eigenvalue weighted by atomic mass is 19.3. The molecule has 0 spiro atoms. The van der Waals surface area contributed by atoms with Gasteiger partial charge in [-0.15, -0.1) is 0 Å². The molecule has 1 rings (SSSR count). The van der Waals surface area contributed by atoms with Crippen molar-refractivity contribution in [2.75, 3.05) is 20.1 Å². The predicted molar refractivity (Wildman–Crippen MR) is 58.6 cm³/mol. The fourth-order valence-electron chi connectivity index (χ4n) is 2.17. The van der Waals surface area contributed by atoms with Crippen molar-refractivity contribution in [1.29, 1.82) is 0 Å². The van der Waals surface area contributed by atoms with E-state index in [0.717, 1.165) is 6.54 Å². The monoisotopic (exact) mass is 256 g/mol. The van der Waals surface area contributed by atoms with Crippen LogP contribution in [0.3, 0.4) is 0 Å². The minimum Gasteiger partial charge on any atom is -0.308 e. The molecule has 0 amide bonds. The molecule has 0 aromatic rings. The molecule has 1 saturated heterocycles. The van der Waals surface area contributed by atoms with E-state index >= 15 is 0 Å². The maximum Gasteiger partial charge on any atom is 0.319 e. The number of halogens is 4. The molecular formula is C11H20F4N2. The zero-order valence-corrected chi connectivity index (χ0v) is 10.4. The van der Waals surface area contributed by atoms with Gasteiger partial charge >= 0.3 is 12.3 Å². The van der Waals surface area contributed by atoms with Crippen molar-refractivity contribution in [2.45, 2.75) is 44.7 Å².